The molecule has 10 heteroatoms. The highest BCUT2D eigenvalue weighted by Crippen LogP contribution is 2.28. The van der Waals surface area contributed by atoms with Crippen molar-refractivity contribution in [3.05, 3.63) is 52.9 Å². The van der Waals surface area contributed by atoms with Crippen molar-refractivity contribution in [1.82, 2.24) is 10.1 Å². The first-order valence-corrected chi connectivity index (χ1v) is 10.2. The summed E-state index contributed by atoms with van der Waals surface area (Å²) in [5.74, 6) is -1.84. The van der Waals surface area contributed by atoms with Gasteiger partial charge in [-0.15, -0.1) is 0 Å². The summed E-state index contributed by atoms with van der Waals surface area (Å²) in [5.41, 5.74) is 3.54. The molecule has 1 saturated heterocycles. The lowest BCUT2D eigenvalue weighted by Gasteiger charge is -2.28. The molecule has 2 heterocycles. The van der Waals surface area contributed by atoms with Crippen molar-refractivity contribution in [3.8, 4) is 0 Å². The summed E-state index contributed by atoms with van der Waals surface area (Å²) in [6, 6.07) is 11.0. The number of aryl methyl sites for hydroxylation is 2. The Morgan fingerprint density at radius 1 is 1.25 bits per heavy atom. The van der Waals surface area contributed by atoms with Crippen LogP contribution in [-0.4, -0.2) is 66.3 Å². The van der Waals surface area contributed by atoms with E-state index in [-0.39, 0.29) is 6.10 Å². The molecule has 0 amide bonds. The fraction of sp³-hybridized carbons (Fsp3) is 0.545. The molecule has 3 rings (SSSR count). The molecule has 0 radical (unpaired) electrons. The number of carbonyl (C=O) groups is 1. The number of nitrogens with zero attached hydrogens (tertiary/aromatic N) is 2. The van der Waals surface area contributed by atoms with Crippen molar-refractivity contribution in [2.75, 3.05) is 26.9 Å². The molecule has 0 saturated carbocycles. The number of hydrogen-bond acceptors (Lipinski definition) is 6. The molecule has 1 N–H and O–H groups in total. The van der Waals surface area contributed by atoms with Crippen molar-refractivity contribution in [3.63, 3.8) is 0 Å². The average molecular weight is 458 g/mol. The Balaban J connectivity index is 0.000000451. The summed E-state index contributed by atoms with van der Waals surface area (Å²) >= 11 is 0. The van der Waals surface area contributed by atoms with Gasteiger partial charge in [0.05, 0.1) is 25.0 Å². The first-order chi connectivity index (χ1) is 15.1. The Morgan fingerprint density at radius 2 is 1.91 bits per heavy atom. The number of rotatable bonds is 8. The zero-order valence-corrected chi connectivity index (χ0v) is 18.4. The number of aliphatic carboxylic acids is 1. The van der Waals surface area contributed by atoms with Crippen LogP contribution in [-0.2, 0) is 27.2 Å². The van der Waals surface area contributed by atoms with E-state index in [2.05, 4.69) is 40.4 Å². The molecule has 0 unspecified atom stereocenters. The van der Waals surface area contributed by atoms with Crippen LogP contribution in [0.2, 0.25) is 0 Å². The lowest BCUT2D eigenvalue weighted by Crippen LogP contribution is -2.38. The minimum atomic E-state index is -5.08. The van der Waals surface area contributed by atoms with Crippen LogP contribution in [0.25, 0.3) is 0 Å². The summed E-state index contributed by atoms with van der Waals surface area (Å²) in [7, 11) is 1.71. The monoisotopic (exact) mass is 458 g/mol. The van der Waals surface area contributed by atoms with Crippen LogP contribution >= 0.6 is 0 Å². The third kappa shape index (κ3) is 7.61. The summed E-state index contributed by atoms with van der Waals surface area (Å²) in [6.45, 7) is 7.18. The highest BCUT2D eigenvalue weighted by molar-refractivity contribution is 5.73. The number of methoxy groups -OCH3 is 1. The van der Waals surface area contributed by atoms with Gasteiger partial charge in [0.15, 0.2) is 0 Å². The predicted octanol–water partition coefficient (Wildman–Crippen LogP) is 3.77. The second kappa shape index (κ2) is 12.0. The maximum absolute atomic E-state index is 10.6. The van der Waals surface area contributed by atoms with E-state index in [1.165, 1.54) is 11.1 Å². The molecule has 2 atom stereocenters. The molecule has 32 heavy (non-hydrogen) atoms. The molecule has 1 aromatic carbocycles. The van der Waals surface area contributed by atoms with Gasteiger partial charge in [0.25, 0.3) is 0 Å². The topological polar surface area (TPSA) is 85.0 Å². The van der Waals surface area contributed by atoms with E-state index in [9.17, 15) is 13.2 Å². The predicted molar refractivity (Wildman–Crippen MR) is 110 cm³/mol. The van der Waals surface area contributed by atoms with Crippen molar-refractivity contribution in [2.24, 2.45) is 0 Å². The second-order valence-corrected chi connectivity index (χ2v) is 7.52. The quantitative estimate of drug-likeness (QED) is 0.603. The van der Waals surface area contributed by atoms with Crippen LogP contribution in [0.1, 0.15) is 29.0 Å². The number of likely N-dealkylation sites (tertiary alicyclic amines) is 1. The van der Waals surface area contributed by atoms with E-state index in [0.717, 1.165) is 37.4 Å². The summed E-state index contributed by atoms with van der Waals surface area (Å²) in [4.78, 5) is 11.4. The Labute approximate surface area is 185 Å². The molecule has 1 aliphatic heterocycles. The van der Waals surface area contributed by atoms with E-state index in [4.69, 9.17) is 23.9 Å². The lowest BCUT2D eigenvalue weighted by molar-refractivity contribution is -0.192. The Morgan fingerprint density at radius 3 is 2.44 bits per heavy atom. The van der Waals surface area contributed by atoms with Gasteiger partial charge in [-0.25, -0.2) is 4.79 Å². The van der Waals surface area contributed by atoms with Crippen LogP contribution in [0.3, 0.4) is 0 Å². The Kier molecular flexibility index (Phi) is 9.67. The van der Waals surface area contributed by atoms with Gasteiger partial charge < -0.3 is 19.1 Å². The Hall–Kier alpha value is -2.43. The van der Waals surface area contributed by atoms with E-state index in [0.29, 0.717) is 19.3 Å². The fourth-order valence-electron chi connectivity index (χ4n) is 3.61. The lowest BCUT2D eigenvalue weighted by atomic mass is 10.0. The normalized spacial score (nSPS) is 18.9. The molecule has 1 aliphatic rings. The van der Waals surface area contributed by atoms with Gasteiger partial charge in [-0.1, -0.05) is 35.5 Å². The fourth-order valence-corrected chi connectivity index (χ4v) is 3.61. The number of carboxylic acids is 1. The van der Waals surface area contributed by atoms with Crippen LogP contribution in [0, 0.1) is 13.8 Å². The number of carboxylic acid groups (broad SMARTS) is 1. The first-order valence-electron chi connectivity index (χ1n) is 10.2. The molecule has 7 nitrogen and oxygen atoms in total. The van der Waals surface area contributed by atoms with Crippen molar-refractivity contribution in [2.45, 2.75) is 51.6 Å². The highest BCUT2D eigenvalue weighted by Gasteiger charge is 2.38. The number of alkyl halides is 3. The second-order valence-electron chi connectivity index (χ2n) is 7.52. The van der Waals surface area contributed by atoms with Gasteiger partial charge >= 0.3 is 12.1 Å². The number of hydrogen-bond donors (Lipinski definition) is 1. The van der Waals surface area contributed by atoms with Crippen molar-refractivity contribution in [1.29, 1.82) is 0 Å². The maximum Gasteiger partial charge on any atom is 0.490 e. The van der Waals surface area contributed by atoms with E-state index < -0.39 is 12.1 Å². The van der Waals surface area contributed by atoms with Crippen molar-refractivity contribution >= 4 is 5.97 Å². The van der Waals surface area contributed by atoms with Gasteiger partial charge in [-0.05, 0) is 32.3 Å². The number of halogens is 3. The van der Waals surface area contributed by atoms with Crippen LogP contribution in [0.4, 0.5) is 13.2 Å². The number of aromatic nitrogens is 1. The summed E-state index contributed by atoms with van der Waals surface area (Å²) in [6.07, 6.45) is -2.82. The minimum Gasteiger partial charge on any atom is -0.475 e. The van der Waals surface area contributed by atoms with Crippen LogP contribution in [0.5, 0.6) is 0 Å². The zero-order chi connectivity index (χ0) is 23.7. The maximum atomic E-state index is 10.6. The van der Waals surface area contributed by atoms with E-state index >= 15 is 0 Å². The molecule has 0 spiro atoms. The third-order valence-corrected chi connectivity index (χ3v) is 5.29. The van der Waals surface area contributed by atoms with Crippen molar-refractivity contribution < 1.29 is 37.1 Å². The minimum absolute atomic E-state index is 0.232. The van der Waals surface area contributed by atoms with Crippen LogP contribution < -0.4 is 0 Å². The van der Waals surface area contributed by atoms with Gasteiger partial charge in [-0.2, -0.15) is 13.2 Å². The summed E-state index contributed by atoms with van der Waals surface area (Å²) in [5, 5.41) is 11.2. The summed E-state index contributed by atoms with van der Waals surface area (Å²) < 4.78 is 48.3. The average Bonchev–Trinajstić information content (AvgIpc) is 3.27. The standard InChI is InChI=1S/C20H28N2O3.C2HF3O2/c1-15-18(16(2)25-21-15)14-22-10-9-20(24-12-11-23-3)19(22)13-17-7-5-4-6-8-17;3-2(4,5)1(6)7/h4-8,19-20H,9-14H2,1-3H3;(H,6,7)/t19-,20+;/m0./s1. The Bertz CT molecular complexity index is 822. The first kappa shape index (κ1) is 25.8. The molecule has 0 aliphatic carbocycles. The highest BCUT2D eigenvalue weighted by atomic mass is 19.4. The largest absolute Gasteiger partial charge is 0.490 e. The van der Waals surface area contributed by atoms with Gasteiger partial charge in [0.1, 0.15) is 5.76 Å². The zero-order valence-electron chi connectivity index (χ0n) is 18.4. The smallest absolute Gasteiger partial charge is 0.475 e. The van der Waals surface area contributed by atoms with Crippen LogP contribution in [0.15, 0.2) is 34.9 Å². The molecule has 178 valence electrons. The molecule has 1 fully saturated rings. The van der Waals surface area contributed by atoms with Gasteiger partial charge in [0, 0.05) is 31.8 Å². The van der Waals surface area contributed by atoms with E-state index in [1.807, 2.05) is 13.8 Å². The number of ether oxygens (including phenoxy) is 2. The molecule has 0 bridgehead atoms. The molecule has 2 aromatic rings. The molecular formula is C22H29F3N2O5. The van der Waals surface area contributed by atoms with Gasteiger partial charge in [0.2, 0.25) is 0 Å². The van der Waals surface area contributed by atoms with Gasteiger partial charge in [-0.3, -0.25) is 4.90 Å². The SMILES string of the molecule is COCCO[C@@H]1CCN(Cc2c(C)noc2C)[C@H]1Cc1ccccc1.O=C(O)C(F)(F)F. The van der Waals surface area contributed by atoms with E-state index in [1.54, 1.807) is 7.11 Å². The number of benzene rings is 1. The third-order valence-electron chi connectivity index (χ3n) is 5.29. The molecular weight excluding hydrogens is 429 g/mol. The molecule has 1 aromatic heterocycles.